The highest BCUT2D eigenvalue weighted by atomic mass is 16.6. The molecule has 0 spiro atoms. The lowest BCUT2D eigenvalue weighted by molar-refractivity contribution is -0.149. The number of hydrogen-bond acceptors (Lipinski definition) is 4. The fourth-order valence-corrected chi connectivity index (χ4v) is 0.785. The van der Waals surface area contributed by atoms with E-state index in [1.165, 1.54) is 13.8 Å². The number of hydrogen-bond donors (Lipinski definition) is 0. The second-order valence-electron chi connectivity index (χ2n) is 3.44. The van der Waals surface area contributed by atoms with Gasteiger partial charge in [-0.2, -0.15) is 0 Å². The Hall–Kier alpha value is -1.94. The quantitative estimate of drug-likeness (QED) is 0.514. The fourth-order valence-electron chi connectivity index (χ4n) is 0.785. The number of rotatable bonds is 2. The molecule has 0 aromatic carbocycles. The summed E-state index contributed by atoms with van der Waals surface area (Å²) in [5, 5.41) is 0. The summed E-state index contributed by atoms with van der Waals surface area (Å²) < 4.78 is 9.49. The van der Waals surface area contributed by atoms with Gasteiger partial charge in [0.2, 0.25) is 0 Å². The van der Waals surface area contributed by atoms with E-state index < -0.39 is 11.6 Å². The normalized spacial score (nSPS) is 9.00. The van der Waals surface area contributed by atoms with Crippen molar-refractivity contribution in [2.45, 2.75) is 33.3 Å². The van der Waals surface area contributed by atoms with Gasteiger partial charge >= 0.3 is 11.9 Å². The Balaban J connectivity index is 4.18. The highest BCUT2D eigenvalue weighted by Crippen LogP contribution is 2.06. The molecule has 0 rings (SSSR count). The summed E-state index contributed by atoms with van der Waals surface area (Å²) in [7, 11) is 0. The number of carbonyl (C=O) groups is 2. The van der Waals surface area contributed by atoms with Gasteiger partial charge in [-0.3, -0.25) is 9.59 Å². The van der Waals surface area contributed by atoms with Gasteiger partial charge in [-0.15, -0.1) is 0 Å². The standard InChI is InChI=1S/C12H14O4/c1-10(13)15-9-7-5-6-8-12(3,4)16-11(2)14/h9H2,1-4H3. The Morgan fingerprint density at radius 1 is 1.12 bits per heavy atom. The molecule has 0 aromatic heterocycles. The van der Waals surface area contributed by atoms with Crippen LogP contribution in [0.15, 0.2) is 0 Å². The SMILES string of the molecule is CC(=O)OCC#CC#CC(C)(C)OC(C)=O. The maximum atomic E-state index is 10.7. The van der Waals surface area contributed by atoms with Crippen molar-refractivity contribution >= 4 is 11.9 Å². The van der Waals surface area contributed by atoms with E-state index >= 15 is 0 Å². The zero-order valence-electron chi connectivity index (χ0n) is 9.84. The molecule has 0 aliphatic heterocycles. The van der Waals surface area contributed by atoms with Crippen molar-refractivity contribution in [1.82, 2.24) is 0 Å². The number of esters is 2. The first kappa shape index (κ1) is 14.1. The van der Waals surface area contributed by atoms with Crippen molar-refractivity contribution in [2.24, 2.45) is 0 Å². The second kappa shape index (κ2) is 6.53. The minimum atomic E-state index is -0.859. The van der Waals surface area contributed by atoms with Crippen molar-refractivity contribution in [1.29, 1.82) is 0 Å². The number of carbonyl (C=O) groups excluding carboxylic acids is 2. The van der Waals surface area contributed by atoms with Crippen molar-refractivity contribution in [3.63, 3.8) is 0 Å². The third-order valence-corrected chi connectivity index (χ3v) is 1.26. The van der Waals surface area contributed by atoms with Gasteiger partial charge in [0.05, 0.1) is 0 Å². The molecule has 0 heterocycles. The van der Waals surface area contributed by atoms with Gasteiger partial charge in [0.1, 0.15) is 0 Å². The second-order valence-corrected chi connectivity index (χ2v) is 3.44. The topological polar surface area (TPSA) is 52.6 Å². The summed E-state index contributed by atoms with van der Waals surface area (Å²) in [5.41, 5.74) is -0.859. The molecule has 0 fully saturated rings. The van der Waals surface area contributed by atoms with E-state index in [9.17, 15) is 9.59 Å². The van der Waals surface area contributed by atoms with Crippen LogP contribution >= 0.6 is 0 Å². The van der Waals surface area contributed by atoms with Gasteiger partial charge in [0, 0.05) is 13.8 Å². The van der Waals surface area contributed by atoms with Gasteiger partial charge < -0.3 is 9.47 Å². The average molecular weight is 222 g/mol. The zero-order valence-corrected chi connectivity index (χ0v) is 9.84. The molecule has 0 atom stereocenters. The summed E-state index contributed by atoms with van der Waals surface area (Å²) in [6.45, 7) is 5.95. The predicted octanol–water partition coefficient (Wildman–Crippen LogP) is 0.898. The monoisotopic (exact) mass is 222 g/mol. The highest BCUT2D eigenvalue weighted by molar-refractivity contribution is 5.67. The van der Waals surface area contributed by atoms with Crippen LogP contribution in [0.3, 0.4) is 0 Å². The Labute approximate surface area is 95.3 Å². The molecule has 0 N–H and O–H groups in total. The first-order valence-electron chi connectivity index (χ1n) is 4.66. The molecule has 0 aromatic rings. The molecule has 0 unspecified atom stereocenters. The molecule has 0 saturated heterocycles. The summed E-state index contributed by atoms with van der Waals surface area (Å²) in [6.07, 6.45) is 0. The van der Waals surface area contributed by atoms with Crippen LogP contribution in [0.2, 0.25) is 0 Å². The predicted molar refractivity (Wildman–Crippen MR) is 58.0 cm³/mol. The van der Waals surface area contributed by atoms with Crippen molar-refractivity contribution in [3.05, 3.63) is 0 Å². The van der Waals surface area contributed by atoms with E-state index in [2.05, 4.69) is 28.4 Å². The molecular weight excluding hydrogens is 208 g/mol. The van der Waals surface area contributed by atoms with Gasteiger partial charge in [-0.1, -0.05) is 0 Å². The van der Waals surface area contributed by atoms with Crippen LogP contribution in [0.5, 0.6) is 0 Å². The molecule has 0 radical (unpaired) electrons. The molecule has 16 heavy (non-hydrogen) atoms. The summed E-state index contributed by atoms with van der Waals surface area (Å²) >= 11 is 0. The fraction of sp³-hybridized carbons (Fsp3) is 0.500. The van der Waals surface area contributed by atoms with Crippen LogP contribution in [0.1, 0.15) is 27.7 Å². The molecule has 86 valence electrons. The van der Waals surface area contributed by atoms with Crippen LogP contribution < -0.4 is 0 Å². The summed E-state index contributed by atoms with van der Waals surface area (Å²) in [4.78, 5) is 21.1. The average Bonchev–Trinajstić information content (AvgIpc) is 2.08. The lowest BCUT2D eigenvalue weighted by Gasteiger charge is -2.16. The van der Waals surface area contributed by atoms with Gasteiger partial charge in [-0.25, -0.2) is 0 Å². The highest BCUT2D eigenvalue weighted by Gasteiger charge is 2.16. The first-order valence-corrected chi connectivity index (χ1v) is 4.66. The van der Waals surface area contributed by atoms with Crippen LogP contribution in [0.4, 0.5) is 0 Å². The van der Waals surface area contributed by atoms with Crippen LogP contribution in [0, 0.1) is 23.7 Å². The largest absolute Gasteiger partial charge is 0.453 e. The van der Waals surface area contributed by atoms with Gasteiger partial charge in [0.15, 0.2) is 12.2 Å². The van der Waals surface area contributed by atoms with E-state index in [4.69, 9.17) is 4.74 Å². The molecule has 0 amide bonds. The van der Waals surface area contributed by atoms with Crippen molar-refractivity contribution in [3.8, 4) is 23.7 Å². The Morgan fingerprint density at radius 2 is 1.75 bits per heavy atom. The Bertz CT molecular complexity index is 385. The van der Waals surface area contributed by atoms with E-state index in [0.29, 0.717) is 0 Å². The van der Waals surface area contributed by atoms with Gasteiger partial charge in [0.25, 0.3) is 0 Å². The Morgan fingerprint density at radius 3 is 2.25 bits per heavy atom. The minimum absolute atomic E-state index is 0.0119. The van der Waals surface area contributed by atoms with E-state index in [1.54, 1.807) is 13.8 Å². The molecule has 0 bridgehead atoms. The molecule has 4 nitrogen and oxygen atoms in total. The van der Waals surface area contributed by atoms with E-state index in [0.717, 1.165) is 0 Å². The Kier molecular flexibility index (Phi) is 5.74. The molecule has 0 aliphatic rings. The van der Waals surface area contributed by atoms with Crippen LogP contribution in [0.25, 0.3) is 0 Å². The lowest BCUT2D eigenvalue weighted by atomic mass is 10.1. The maximum Gasteiger partial charge on any atom is 0.304 e. The smallest absolute Gasteiger partial charge is 0.304 e. The van der Waals surface area contributed by atoms with Crippen molar-refractivity contribution in [2.75, 3.05) is 6.61 Å². The van der Waals surface area contributed by atoms with Gasteiger partial charge in [-0.05, 0) is 37.5 Å². The third-order valence-electron chi connectivity index (χ3n) is 1.26. The molecule has 0 aliphatic carbocycles. The summed E-state index contributed by atoms with van der Waals surface area (Å²) in [5.74, 6) is 9.44. The van der Waals surface area contributed by atoms with Crippen LogP contribution in [-0.4, -0.2) is 24.1 Å². The maximum absolute atomic E-state index is 10.7. The van der Waals surface area contributed by atoms with E-state index in [-0.39, 0.29) is 12.6 Å². The minimum Gasteiger partial charge on any atom is -0.453 e. The van der Waals surface area contributed by atoms with Crippen LogP contribution in [-0.2, 0) is 19.1 Å². The summed E-state index contributed by atoms with van der Waals surface area (Å²) in [6, 6.07) is 0. The molecule has 4 heteroatoms. The van der Waals surface area contributed by atoms with E-state index in [1.807, 2.05) is 0 Å². The number of ether oxygens (including phenoxy) is 2. The molecular formula is C12H14O4. The van der Waals surface area contributed by atoms with Crippen molar-refractivity contribution < 1.29 is 19.1 Å². The first-order chi connectivity index (χ1) is 7.33. The molecule has 0 saturated carbocycles. The third kappa shape index (κ3) is 8.65. The lowest BCUT2D eigenvalue weighted by Crippen LogP contribution is -2.24. The zero-order chi connectivity index (χ0) is 12.6.